The molecule has 172 valence electrons. The van der Waals surface area contributed by atoms with Crippen molar-refractivity contribution in [3.8, 4) is 0 Å². The average Bonchev–Trinajstić information content (AvgIpc) is 3.15. The predicted octanol–water partition coefficient (Wildman–Crippen LogP) is 7.15. The van der Waals surface area contributed by atoms with Gasteiger partial charge in [-0.3, -0.25) is 4.98 Å². The molecule has 2 aromatic heterocycles. The Morgan fingerprint density at radius 2 is 1.61 bits per heavy atom. The van der Waals surface area contributed by atoms with E-state index >= 15 is 0 Å². The van der Waals surface area contributed by atoms with Gasteiger partial charge in [-0.25, -0.2) is 18.2 Å². The second kappa shape index (κ2) is 8.04. The molecular formula is C24H19F6N3. The van der Waals surface area contributed by atoms with E-state index in [1.807, 2.05) is 0 Å². The second-order valence-electron chi connectivity index (χ2n) is 8.60. The van der Waals surface area contributed by atoms with Crippen molar-refractivity contribution in [3.05, 3.63) is 71.4 Å². The first-order valence-corrected chi connectivity index (χ1v) is 10.7. The van der Waals surface area contributed by atoms with Crippen LogP contribution < -0.4 is 0 Å². The molecule has 1 N–H and O–H groups in total. The number of hydrogen-bond acceptors (Lipinski definition) is 2. The van der Waals surface area contributed by atoms with Crippen molar-refractivity contribution in [1.82, 2.24) is 15.0 Å². The van der Waals surface area contributed by atoms with Gasteiger partial charge in [0, 0.05) is 23.7 Å². The number of nitrogens with zero attached hydrogens (tertiary/aromatic N) is 2. The minimum atomic E-state index is -4.57. The summed E-state index contributed by atoms with van der Waals surface area (Å²) in [6.07, 6.45) is -1.38. The van der Waals surface area contributed by atoms with Gasteiger partial charge in [-0.2, -0.15) is 13.2 Å². The fourth-order valence-electron chi connectivity index (χ4n) is 5.08. The molecule has 0 aliphatic heterocycles. The number of nitrogens with one attached hydrogen (secondary N) is 1. The molecule has 3 nitrogen and oxygen atoms in total. The standard InChI is InChI=1S/C24H19F6N3/c25-14-5-6-19-16(9-14)15(7-8-31-19)12-1-3-13(4-2-12)22(24(28,29)30)23-32-20-10-17(26)18(27)11-21(20)33-23/h5-13,22H,1-4H2,(H,32,33). The highest BCUT2D eigenvalue weighted by molar-refractivity contribution is 5.82. The van der Waals surface area contributed by atoms with Crippen molar-refractivity contribution in [2.24, 2.45) is 5.92 Å². The van der Waals surface area contributed by atoms with Gasteiger partial charge in [-0.1, -0.05) is 0 Å². The Hall–Kier alpha value is -3.10. The largest absolute Gasteiger partial charge is 0.399 e. The quantitative estimate of drug-likeness (QED) is 0.328. The number of alkyl halides is 3. The molecule has 1 unspecified atom stereocenters. The second-order valence-corrected chi connectivity index (χ2v) is 8.60. The maximum Gasteiger partial charge on any atom is 0.399 e. The molecule has 1 aliphatic rings. The van der Waals surface area contributed by atoms with Crippen molar-refractivity contribution in [2.45, 2.75) is 43.7 Å². The monoisotopic (exact) mass is 463 g/mol. The van der Waals surface area contributed by atoms with Gasteiger partial charge in [0.15, 0.2) is 11.6 Å². The van der Waals surface area contributed by atoms with Crippen LogP contribution in [0.1, 0.15) is 48.9 Å². The van der Waals surface area contributed by atoms with Crippen LogP contribution in [0.4, 0.5) is 26.3 Å². The summed E-state index contributed by atoms with van der Waals surface area (Å²) in [6.45, 7) is 0. The molecule has 0 radical (unpaired) electrons. The average molecular weight is 463 g/mol. The smallest absolute Gasteiger partial charge is 0.341 e. The fourth-order valence-corrected chi connectivity index (χ4v) is 5.08. The Morgan fingerprint density at radius 3 is 2.33 bits per heavy atom. The summed E-state index contributed by atoms with van der Waals surface area (Å²) in [6, 6.07) is 7.74. The number of aromatic nitrogens is 3. The molecule has 9 heteroatoms. The first kappa shape index (κ1) is 21.7. The van der Waals surface area contributed by atoms with E-state index in [9.17, 15) is 26.3 Å². The third-order valence-corrected chi connectivity index (χ3v) is 6.61. The van der Waals surface area contributed by atoms with E-state index in [0.717, 1.165) is 17.7 Å². The van der Waals surface area contributed by atoms with Crippen LogP contribution in [-0.4, -0.2) is 21.1 Å². The predicted molar refractivity (Wildman–Crippen MR) is 111 cm³/mol. The van der Waals surface area contributed by atoms with Gasteiger partial charge < -0.3 is 4.98 Å². The highest BCUT2D eigenvalue weighted by Crippen LogP contribution is 2.48. The van der Waals surface area contributed by atoms with Gasteiger partial charge in [0.2, 0.25) is 0 Å². The lowest BCUT2D eigenvalue weighted by Gasteiger charge is -2.34. The SMILES string of the molecule is Fc1ccc2nccc(C3CCC(C(c4nc5cc(F)c(F)cc5[nH]4)C(F)(F)F)CC3)c2c1. The Labute approximate surface area is 184 Å². The number of rotatable bonds is 3. The van der Waals surface area contributed by atoms with Crippen molar-refractivity contribution in [3.63, 3.8) is 0 Å². The van der Waals surface area contributed by atoms with Gasteiger partial charge in [-0.15, -0.1) is 0 Å². The molecular weight excluding hydrogens is 444 g/mol. The van der Waals surface area contributed by atoms with Crippen LogP contribution in [-0.2, 0) is 0 Å². The minimum Gasteiger partial charge on any atom is -0.341 e. The van der Waals surface area contributed by atoms with Crippen LogP contribution in [0, 0.1) is 23.4 Å². The van der Waals surface area contributed by atoms with E-state index in [1.54, 1.807) is 18.3 Å². The van der Waals surface area contributed by atoms with Gasteiger partial charge in [0.1, 0.15) is 17.6 Å². The molecule has 1 fully saturated rings. The summed E-state index contributed by atoms with van der Waals surface area (Å²) in [5, 5.41) is 0.676. The molecule has 5 rings (SSSR count). The van der Waals surface area contributed by atoms with Gasteiger partial charge in [-0.05, 0) is 67.3 Å². The van der Waals surface area contributed by atoms with Crippen LogP contribution in [0.15, 0.2) is 42.6 Å². The van der Waals surface area contributed by atoms with E-state index in [4.69, 9.17) is 0 Å². The molecule has 1 atom stereocenters. The van der Waals surface area contributed by atoms with Crippen LogP contribution in [0.3, 0.4) is 0 Å². The molecule has 0 bridgehead atoms. The van der Waals surface area contributed by atoms with E-state index in [2.05, 4.69) is 15.0 Å². The number of aromatic amines is 1. The molecule has 33 heavy (non-hydrogen) atoms. The van der Waals surface area contributed by atoms with Gasteiger partial charge in [0.25, 0.3) is 0 Å². The van der Waals surface area contributed by atoms with Crippen LogP contribution in [0.5, 0.6) is 0 Å². The number of hydrogen-bond donors (Lipinski definition) is 1. The zero-order valence-electron chi connectivity index (χ0n) is 17.3. The summed E-state index contributed by atoms with van der Waals surface area (Å²) < 4.78 is 83.1. The lowest BCUT2D eigenvalue weighted by molar-refractivity contribution is -0.166. The van der Waals surface area contributed by atoms with Crippen LogP contribution >= 0.6 is 0 Å². The third-order valence-electron chi connectivity index (χ3n) is 6.61. The first-order valence-electron chi connectivity index (χ1n) is 10.7. The summed E-state index contributed by atoms with van der Waals surface area (Å²) >= 11 is 0. The lowest BCUT2D eigenvalue weighted by Crippen LogP contribution is -2.31. The molecule has 1 aliphatic carbocycles. The Morgan fingerprint density at radius 1 is 0.879 bits per heavy atom. The van der Waals surface area contributed by atoms with Crippen molar-refractivity contribution < 1.29 is 26.3 Å². The lowest BCUT2D eigenvalue weighted by atomic mass is 9.73. The topological polar surface area (TPSA) is 41.6 Å². The Kier molecular flexibility index (Phi) is 5.29. The Bertz CT molecular complexity index is 1280. The van der Waals surface area contributed by atoms with E-state index in [1.165, 1.54) is 12.1 Å². The molecule has 0 saturated heterocycles. The molecule has 0 spiro atoms. The zero-order valence-corrected chi connectivity index (χ0v) is 17.3. The molecule has 2 aromatic carbocycles. The molecule has 4 aromatic rings. The van der Waals surface area contributed by atoms with E-state index in [-0.39, 0.29) is 41.4 Å². The summed E-state index contributed by atoms with van der Waals surface area (Å²) in [5.41, 5.74) is 1.51. The first-order chi connectivity index (χ1) is 15.7. The van der Waals surface area contributed by atoms with Crippen LogP contribution in [0.2, 0.25) is 0 Å². The number of fused-ring (bicyclic) bond motifs is 2. The number of imidazole rings is 1. The minimum absolute atomic E-state index is 0.0127. The van der Waals surface area contributed by atoms with Crippen LogP contribution in [0.25, 0.3) is 21.9 Å². The van der Waals surface area contributed by atoms with Gasteiger partial charge >= 0.3 is 6.18 Å². The Balaban J connectivity index is 1.42. The van der Waals surface area contributed by atoms with Crippen molar-refractivity contribution >= 4 is 21.9 Å². The number of benzene rings is 2. The molecule has 0 amide bonds. The maximum atomic E-state index is 14.1. The van der Waals surface area contributed by atoms with Crippen molar-refractivity contribution in [1.29, 1.82) is 0 Å². The summed E-state index contributed by atoms with van der Waals surface area (Å²) in [5.74, 6) is -5.65. The van der Waals surface area contributed by atoms with E-state index < -0.39 is 29.6 Å². The highest BCUT2D eigenvalue weighted by atomic mass is 19.4. The zero-order chi connectivity index (χ0) is 23.3. The fraction of sp³-hybridized carbons (Fsp3) is 0.333. The van der Waals surface area contributed by atoms with E-state index in [0.29, 0.717) is 23.7 Å². The highest BCUT2D eigenvalue weighted by Gasteiger charge is 2.48. The number of halogens is 6. The molecule has 2 heterocycles. The third kappa shape index (κ3) is 4.05. The normalized spacial score (nSPS) is 20.4. The number of H-pyrrole nitrogens is 1. The van der Waals surface area contributed by atoms with Crippen molar-refractivity contribution in [2.75, 3.05) is 0 Å². The summed E-state index contributed by atoms with van der Waals surface area (Å²) in [7, 11) is 0. The maximum absolute atomic E-state index is 14.1. The summed E-state index contributed by atoms with van der Waals surface area (Å²) in [4.78, 5) is 10.8. The molecule has 1 saturated carbocycles. The van der Waals surface area contributed by atoms with Gasteiger partial charge in [0.05, 0.1) is 16.6 Å². The number of pyridine rings is 1.